The van der Waals surface area contributed by atoms with Crippen LogP contribution in [0.5, 0.6) is 0 Å². The summed E-state index contributed by atoms with van der Waals surface area (Å²) in [6.07, 6.45) is 3.26. The minimum atomic E-state index is 0.316. The van der Waals surface area contributed by atoms with Gasteiger partial charge in [0.2, 0.25) is 0 Å². The number of hydrogen-bond donors (Lipinski definition) is 0. The van der Waals surface area contributed by atoms with Crippen LogP contribution in [0.1, 0.15) is 33.1 Å². The van der Waals surface area contributed by atoms with Gasteiger partial charge in [-0.2, -0.15) is 0 Å². The van der Waals surface area contributed by atoms with Gasteiger partial charge < -0.3 is 4.74 Å². The molecule has 0 aromatic rings. The molecule has 1 nitrogen and oxygen atoms in total. The van der Waals surface area contributed by atoms with E-state index in [2.05, 4.69) is 6.92 Å². The Kier molecular flexibility index (Phi) is 7.54. The van der Waals surface area contributed by atoms with E-state index in [1.807, 2.05) is 6.92 Å². The van der Waals surface area contributed by atoms with Crippen LogP contribution in [-0.2, 0) is 4.74 Å². The van der Waals surface area contributed by atoms with E-state index in [9.17, 15) is 0 Å². The standard InChI is InChI=1S/C8H17ClO/c1-3-5-8(9)6-7-10-4-2/h8H,3-7H2,1-2H3. The van der Waals surface area contributed by atoms with Crippen molar-refractivity contribution in [2.75, 3.05) is 13.2 Å². The molecular weight excluding hydrogens is 148 g/mol. The molecule has 10 heavy (non-hydrogen) atoms. The zero-order valence-corrected chi connectivity index (χ0v) is 7.66. The molecule has 0 aliphatic rings. The Bertz CT molecular complexity index is 66.3. The van der Waals surface area contributed by atoms with Crippen LogP contribution in [0.25, 0.3) is 0 Å². The van der Waals surface area contributed by atoms with Gasteiger partial charge in [0, 0.05) is 18.6 Å². The van der Waals surface area contributed by atoms with Crippen LogP contribution in [-0.4, -0.2) is 18.6 Å². The van der Waals surface area contributed by atoms with Crippen molar-refractivity contribution in [1.29, 1.82) is 0 Å². The molecular formula is C8H17ClO. The van der Waals surface area contributed by atoms with Crippen LogP contribution in [0.2, 0.25) is 0 Å². The summed E-state index contributed by atoms with van der Waals surface area (Å²) in [7, 11) is 0. The van der Waals surface area contributed by atoms with E-state index in [-0.39, 0.29) is 0 Å². The second kappa shape index (κ2) is 7.36. The molecule has 0 fully saturated rings. The SMILES string of the molecule is CCCC(Cl)CCOCC. The summed E-state index contributed by atoms with van der Waals surface area (Å²) in [5, 5.41) is 0.316. The highest BCUT2D eigenvalue weighted by Crippen LogP contribution is 2.08. The molecule has 0 aliphatic carbocycles. The first kappa shape index (κ1) is 10.2. The monoisotopic (exact) mass is 164 g/mol. The molecule has 0 rings (SSSR count). The molecule has 0 saturated carbocycles. The van der Waals surface area contributed by atoms with E-state index in [4.69, 9.17) is 16.3 Å². The Balaban J connectivity index is 2.97. The third kappa shape index (κ3) is 6.37. The summed E-state index contributed by atoms with van der Waals surface area (Å²) < 4.78 is 5.17. The minimum absolute atomic E-state index is 0.316. The maximum Gasteiger partial charge on any atom is 0.0479 e. The highest BCUT2D eigenvalue weighted by atomic mass is 35.5. The van der Waals surface area contributed by atoms with Gasteiger partial charge in [-0.3, -0.25) is 0 Å². The highest BCUT2D eigenvalue weighted by Gasteiger charge is 2.01. The Labute approximate surface area is 68.7 Å². The van der Waals surface area contributed by atoms with Gasteiger partial charge >= 0.3 is 0 Å². The van der Waals surface area contributed by atoms with Crippen LogP contribution in [0.3, 0.4) is 0 Å². The van der Waals surface area contributed by atoms with Gasteiger partial charge in [-0.25, -0.2) is 0 Å². The number of alkyl halides is 1. The van der Waals surface area contributed by atoms with Gasteiger partial charge in [-0.15, -0.1) is 11.6 Å². The molecule has 0 bridgehead atoms. The van der Waals surface area contributed by atoms with Crippen molar-refractivity contribution < 1.29 is 4.74 Å². The van der Waals surface area contributed by atoms with Crippen LogP contribution in [0.15, 0.2) is 0 Å². The van der Waals surface area contributed by atoms with Crippen LogP contribution in [0, 0.1) is 0 Å². The molecule has 0 aliphatic heterocycles. The van der Waals surface area contributed by atoms with Crippen molar-refractivity contribution in [1.82, 2.24) is 0 Å². The van der Waals surface area contributed by atoms with Gasteiger partial charge in [0.1, 0.15) is 0 Å². The largest absolute Gasteiger partial charge is 0.382 e. The van der Waals surface area contributed by atoms with Crippen LogP contribution < -0.4 is 0 Å². The number of halogens is 1. The van der Waals surface area contributed by atoms with E-state index >= 15 is 0 Å². The smallest absolute Gasteiger partial charge is 0.0479 e. The maximum atomic E-state index is 5.94. The number of ether oxygens (including phenoxy) is 1. The number of rotatable bonds is 6. The van der Waals surface area contributed by atoms with E-state index in [0.717, 1.165) is 26.1 Å². The zero-order valence-electron chi connectivity index (χ0n) is 6.90. The second-order valence-electron chi connectivity index (χ2n) is 2.37. The lowest BCUT2D eigenvalue weighted by atomic mass is 10.2. The van der Waals surface area contributed by atoms with Crippen molar-refractivity contribution in [2.45, 2.75) is 38.5 Å². The molecule has 0 heterocycles. The van der Waals surface area contributed by atoms with Crippen LogP contribution >= 0.6 is 11.6 Å². The predicted molar refractivity (Wildman–Crippen MR) is 45.7 cm³/mol. The topological polar surface area (TPSA) is 9.23 Å². The lowest BCUT2D eigenvalue weighted by Crippen LogP contribution is -2.03. The Morgan fingerprint density at radius 2 is 2.00 bits per heavy atom. The molecule has 1 atom stereocenters. The first-order chi connectivity index (χ1) is 4.81. The fourth-order valence-corrected chi connectivity index (χ4v) is 1.12. The molecule has 0 N–H and O–H groups in total. The lowest BCUT2D eigenvalue weighted by Gasteiger charge is -2.06. The van der Waals surface area contributed by atoms with Crippen molar-refractivity contribution >= 4 is 11.6 Å². The lowest BCUT2D eigenvalue weighted by molar-refractivity contribution is 0.143. The van der Waals surface area contributed by atoms with Gasteiger partial charge in [0.25, 0.3) is 0 Å². The van der Waals surface area contributed by atoms with E-state index in [1.165, 1.54) is 6.42 Å². The Morgan fingerprint density at radius 3 is 2.50 bits per heavy atom. The van der Waals surface area contributed by atoms with E-state index < -0.39 is 0 Å². The molecule has 0 aromatic carbocycles. The summed E-state index contributed by atoms with van der Waals surface area (Å²) in [5.74, 6) is 0. The molecule has 0 aromatic heterocycles. The Hall–Kier alpha value is 0.250. The fraction of sp³-hybridized carbons (Fsp3) is 1.00. The third-order valence-corrected chi connectivity index (χ3v) is 1.82. The summed E-state index contributed by atoms with van der Waals surface area (Å²) in [6, 6.07) is 0. The first-order valence-corrected chi connectivity index (χ1v) is 4.46. The molecule has 1 unspecified atom stereocenters. The molecule has 0 radical (unpaired) electrons. The number of hydrogen-bond acceptors (Lipinski definition) is 1. The minimum Gasteiger partial charge on any atom is -0.382 e. The quantitative estimate of drug-likeness (QED) is 0.434. The molecule has 62 valence electrons. The van der Waals surface area contributed by atoms with Gasteiger partial charge in [0.15, 0.2) is 0 Å². The molecule has 0 spiro atoms. The van der Waals surface area contributed by atoms with Crippen molar-refractivity contribution in [3.05, 3.63) is 0 Å². The fourth-order valence-electron chi connectivity index (χ4n) is 0.813. The molecule has 2 heteroatoms. The van der Waals surface area contributed by atoms with Crippen molar-refractivity contribution in [3.63, 3.8) is 0 Å². The van der Waals surface area contributed by atoms with Gasteiger partial charge in [0.05, 0.1) is 0 Å². The highest BCUT2D eigenvalue weighted by molar-refractivity contribution is 6.20. The summed E-state index contributed by atoms with van der Waals surface area (Å²) in [4.78, 5) is 0. The van der Waals surface area contributed by atoms with Crippen molar-refractivity contribution in [3.8, 4) is 0 Å². The summed E-state index contributed by atoms with van der Waals surface area (Å²) in [6.45, 7) is 5.76. The first-order valence-electron chi connectivity index (χ1n) is 4.03. The Morgan fingerprint density at radius 1 is 1.30 bits per heavy atom. The van der Waals surface area contributed by atoms with E-state index in [1.54, 1.807) is 0 Å². The van der Waals surface area contributed by atoms with Crippen LogP contribution in [0.4, 0.5) is 0 Å². The average Bonchev–Trinajstić information content (AvgIpc) is 1.89. The second-order valence-corrected chi connectivity index (χ2v) is 2.99. The zero-order chi connectivity index (χ0) is 7.82. The van der Waals surface area contributed by atoms with Gasteiger partial charge in [-0.05, 0) is 19.8 Å². The predicted octanol–water partition coefficient (Wildman–Crippen LogP) is 2.82. The van der Waals surface area contributed by atoms with Crippen molar-refractivity contribution in [2.24, 2.45) is 0 Å². The normalized spacial score (nSPS) is 13.5. The maximum absolute atomic E-state index is 5.94. The third-order valence-electron chi connectivity index (χ3n) is 1.38. The van der Waals surface area contributed by atoms with E-state index in [0.29, 0.717) is 5.38 Å². The summed E-state index contributed by atoms with van der Waals surface area (Å²) in [5.41, 5.74) is 0. The van der Waals surface area contributed by atoms with Gasteiger partial charge in [-0.1, -0.05) is 13.3 Å². The molecule has 0 saturated heterocycles. The molecule has 0 amide bonds. The average molecular weight is 165 g/mol. The summed E-state index contributed by atoms with van der Waals surface area (Å²) >= 11 is 5.94.